The Morgan fingerprint density at radius 3 is 2.42 bits per heavy atom. The van der Waals surface area contributed by atoms with E-state index in [1.165, 1.54) is 12.1 Å². The molecule has 0 aliphatic carbocycles. The first-order chi connectivity index (χ1) is 8.97. The highest BCUT2D eigenvalue weighted by molar-refractivity contribution is 7.85. The van der Waals surface area contributed by atoms with Crippen molar-refractivity contribution in [3.63, 3.8) is 0 Å². The molecule has 4 nitrogen and oxygen atoms in total. The average molecular weight is 278 g/mol. The van der Waals surface area contributed by atoms with Crippen molar-refractivity contribution in [2.24, 2.45) is 0 Å². The summed E-state index contributed by atoms with van der Waals surface area (Å²) in [5, 5.41) is 0. The van der Waals surface area contributed by atoms with Crippen LogP contribution in [0.4, 0.5) is 0 Å². The molecule has 0 heterocycles. The van der Waals surface area contributed by atoms with Gasteiger partial charge in [-0.15, -0.1) is 0 Å². The molecule has 0 aromatic heterocycles. The zero-order valence-electron chi connectivity index (χ0n) is 10.4. The van der Waals surface area contributed by atoms with Crippen molar-refractivity contribution in [2.45, 2.75) is 18.4 Å². The third-order valence-corrected chi connectivity index (χ3v) is 3.54. The summed E-state index contributed by atoms with van der Waals surface area (Å²) in [5.41, 5.74) is 1.79. The van der Waals surface area contributed by atoms with Crippen molar-refractivity contribution in [2.75, 3.05) is 0 Å². The van der Waals surface area contributed by atoms with E-state index in [2.05, 4.69) is 0 Å². The molecule has 5 heteroatoms. The van der Waals surface area contributed by atoms with Crippen LogP contribution in [0.2, 0.25) is 0 Å². The average Bonchev–Trinajstić information content (AvgIpc) is 2.37. The summed E-state index contributed by atoms with van der Waals surface area (Å²) in [6.45, 7) is 2.16. The van der Waals surface area contributed by atoms with E-state index in [1.54, 1.807) is 6.07 Å². The van der Waals surface area contributed by atoms with Crippen molar-refractivity contribution in [3.05, 3.63) is 59.7 Å². The molecule has 2 rings (SSSR count). The van der Waals surface area contributed by atoms with Crippen LogP contribution in [0.25, 0.3) is 0 Å². The van der Waals surface area contributed by atoms with E-state index in [9.17, 15) is 8.42 Å². The first-order valence-electron chi connectivity index (χ1n) is 5.72. The largest absolute Gasteiger partial charge is 0.489 e. The fourth-order valence-corrected chi connectivity index (χ4v) is 2.13. The molecule has 0 saturated heterocycles. The summed E-state index contributed by atoms with van der Waals surface area (Å²) in [5.74, 6) is 0.443. The van der Waals surface area contributed by atoms with E-state index >= 15 is 0 Å². The maximum atomic E-state index is 11.1. The van der Waals surface area contributed by atoms with Crippen molar-refractivity contribution < 1.29 is 17.7 Å². The minimum absolute atomic E-state index is 0.166. The molecule has 2 aromatic rings. The first-order valence-corrected chi connectivity index (χ1v) is 7.16. The monoisotopic (exact) mass is 278 g/mol. The van der Waals surface area contributed by atoms with Crippen LogP contribution >= 0.6 is 0 Å². The van der Waals surface area contributed by atoms with Gasteiger partial charge in [-0.05, 0) is 24.1 Å². The van der Waals surface area contributed by atoms with Crippen LogP contribution in [0.3, 0.4) is 0 Å². The highest BCUT2D eigenvalue weighted by Gasteiger charge is 2.12. The van der Waals surface area contributed by atoms with E-state index in [4.69, 9.17) is 9.29 Å². The van der Waals surface area contributed by atoms with Gasteiger partial charge in [-0.2, -0.15) is 8.42 Å². The quantitative estimate of drug-likeness (QED) is 0.873. The molecule has 0 unspecified atom stereocenters. The zero-order valence-corrected chi connectivity index (χ0v) is 11.2. The van der Waals surface area contributed by atoms with Crippen LogP contribution in [-0.2, 0) is 16.7 Å². The Balaban J connectivity index is 2.21. The molecule has 0 atom stereocenters. The molecule has 0 saturated carbocycles. The number of benzene rings is 2. The minimum atomic E-state index is -4.21. The fourth-order valence-electron chi connectivity index (χ4n) is 1.63. The van der Waals surface area contributed by atoms with Crippen LogP contribution in [-0.4, -0.2) is 13.0 Å². The number of ether oxygens (including phenoxy) is 1. The molecule has 0 aliphatic rings. The van der Waals surface area contributed by atoms with Crippen LogP contribution in [0.1, 0.15) is 11.1 Å². The number of rotatable bonds is 4. The molecule has 0 radical (unpaired) electrons. The molecule has 0 bridgehead atoms. The minimum Gasteiger partial charge on any atom is -0.489 e. The van der Waals surface area contributed by atoms with Gasteiger partial charge in [0.05, 0.1) is 4.90 Å². The van der Waals surface area contributed by atoms with E-state index < -0.39 is 10.1 Å². The third-order valence-electron chi connectivity index (χ3n) is 2.69. The summed E-state index contributed by atoms with van der Waals surface area (Å²) >= 11 is 0. The second-order valence-electron chi connectivity index (χ2n) is 4.18. The van der Waals surface area contributed by atoms with Crippen molar-refractivity contribution in [3.8, 4) is 5.75 Å². The maximum Gasteiger partial charge on any atom is 0.294 e. The summed E-state index contributed by atoms with van der Waals surface area (Å²) in [7, 11) is -4.21. The van der Waals surface area contributed by atoms with Gasteiger partial charge in [0.2, 0.25) is 0 Å². The predicted molar refractivity (Wildman–Crippen MR) is 71.8 cm³/mol. The van der Waals surface area contributed by atoms with Gasteiger partial charge < -0.3 is 4.74 Å². The molecule has 0 fully saturated rings. The number of aryl methyl sites for hydroxylation is 1. The van der Waals surface area contributed by atoms with Gasteiger partial charge >= 0.3 is 0 Å². The Kier molecular flexibility index (Phi) is 3.87. The lowest BCUT2D eigenvalue weighted by atomic mass is 10.2. The molecule has 0 amide bonds. The second kappa shape index (κ2) is 5.42. The molecule has 0 aliphatic heterocycles. The smallest absolute Gasteiger partial charge is 0.294 e. The van der Waals surface area contributed by atoms with Crippen molar-refractivity contribution in [1.29, 1.82) is 0 Å². The highest BCUT2D eigenvalue weighted by Crippen LogP contribution is 2.23. The van der Waals surface area contributed by atoms with Gasteiger partial charge in [0, 0.05) is 6.07 Å². The normalized spacial score (nSPS) is 11.3. The standard InChI is InChI=1S/C14H14O4S/c1-11-7-8-13(19(15,16)17)9-14(11)18-10-12-5-3-2-4-6-12/h2-9H,10H2,1H3,(H,15,16,17). The summed E-state index contributed by atoms with van der Waals surface area (Å²) in [4.78, 5) is -0.166. The maximum absolute atomic E-state index is 11.1. The molecule has 0 spiro atoms. The van der Waals surface area contributed by atoms with E-state index in [1.807, 2.05) is 37.3 Å². The summed E-state index contributed by atoms with van der Waals surface area (Å²) < 4.78 is 36.7. The van der Waals surface area contributed by atoms with Gasteiger partial charge in [-0.1, -0.05) is 36.4 Å². The molecule has 2 aromatic carbocycles. The summed E-state index contributed by atoms with van der Waals surface area (Å²) in [6, 6.07) is 13.8. The Morgan fingerprint density at radius 2 is 1.79 bits per heavy atom. The molecular formula is C14H14O4S. The Bertz CT molecular complexity index is 663. The van der Waals surface area contributed by atoms with Gasteiger partial charge in [0.1, 0.15) is 12.4 Å². The highest BCUT2D eigenvalue weighted by atomic mass is 32.2. The van der Waals surface area contributed by atoms with Crippen LogP contribution in [0, 0.1) is 6.92 Å². The Labute approximate surface area is 112 Å². The van der Waals surface area contributed by atoms with Crippen LogP contribution < -0.4 is 4.74 Å². The Hall–Kier alpha value is -1.85. The molecule has 100 valence electrons. The lowest BCUT2D eigenvalue weighted by Gasteiger charge is -2.10. The van der Waals surface area contributed by atoms with E-state index in [0.717, 1.165) is 11.1 Å². The van der Waals surface area contributed by atoms with Gasteiger partial charge in [0.15, 0.2) is 0 Å². The predicted octanol–water partition coefficient (Wildman–Crippen LogP) is 2.82. The molecule has 19 heavy (non-hydrogen) atoms. The first kappa shape index (κ1) is 13.6. The lowest BCUT2D eigenvalue weighted by molar-refractivity contribution is 0.303. The molecular weight excluding hydrogens is 264 g/mol. The summed E-state index contributed by atoms with van der Waals surface area (Å²) in [6.07, 6.45) is 0. The number of hydrogen-bond donors (Lipinski definition) is 1. The van der Waals surface area contributed by atoms with E-state index in [0.29, 0.717) is 12.4 Å². The second-order valence-corrected chi connectivity index (χ2v) is 5.60. The van der Waals surface area contributed by atoms with Gasteiger partial charge in [0.25, 0.3) is 10.1 Å². The van der Waals surface area contributed by atoms with Crippen molar-refractivity contribution in [1.82, 2.24) is 0 Å². The topological polar surface area (TPSA) is 63.6 Å². The van der Waals surface area contributed by atoms with Crippen molar-refractivity contribution >= 4 is 10.1 Å². The van der Waals surface area contributed by atoms with Crippen LogP contribution in [0.5, 0.6) is 5.75 Å². The number of hydrogen-bond acceptors (Lipinski definition) is 3. The zero-order chi connectivity index (χ0) is 13.9. The van der Waals surface area contributed by atoms with Gasteiger partial charge in [-0.3, -0.25) is 4.55 Å². The van der Waals surface area contributed by atoms with Gasteiger partial charge in [-0.25, -0.2) is 0 Å². The SMILES string of the molecule is Cc1ccc(S(=O)(=O)O)cc1OCc1ccccc1. The fraction of sp³-hybridized carbons (Fsp3) is 0.143. The van der Waals surface area contributed by atoms with E-state index in [-0.39, 0.29) is 4.90 Å². The Morgan fingerprint density at radius 1 is 1.11 bits per heavy atom. The van der Waals surface area contributed by atoms with Crippen LogP contribution in [0.15, 0.2) is 53.4 Å². The lowest BCUT2D eigenvalue weighted by Crippen LogP contribution is -2.01. The molecule has 1 N–H and O–H groups in total. The third kappa shape index (κ3) is 3.56.